The van der Waals surface area contributed by atoms with E-state index in [1.165, 1.54) is 11.3 Å². The zero-order valence-corrected chi connectivity index (χ0v) is 25.3. The van der Waals surface area contributed by atoms with Crippen LogP contribution in [0.25, 0.3) is 27.2 Å². The number of allylic oxidation sites excluding steroid dienone is 3. The molecule has 3 aromatic heterocycles. The number of rotatable bonds is 8. The van der Waals surface area contributed by atoms with E-state index in [2.05, 4.69) is 21.9 Å². The lowest BCUT2D eigenvalue weighted by Gasteiger charge is -2.17. The third-order valence-corrected chi connectivity index (χ3v) is 7.24. The Morgan fingerprint density at radius 2 is 1.74 bits per heavy atom. The highest BCUT2D eigenvalue weighted by Crippen LogP contribution is 2.35. The molecule has 0 aliphatic heterocycles. The molecule has 0 saturated heterocycles. The summed E-state index contributed by atoms with van der Waals surface area (Å²) >= 11 is 1.28. The Balaban J connectivity index is 0.000000686. The number of amides is 1. The number of alkyl halides is 3. The molecule has 3 N–H and O–H groups in total. The standard InChI is InChI=1S/C26H27N5O2S.C4H8.CHF3/c1-6-15(2)16(3)17(4)33-22-13-24(34-25(22)26(27)32)31-14-30-20-11-18(7-8-21(20)31)19-9-10-29-23(12-19)28-5;1-3-4-2;2-1(3)4/h6-14,17H,3H2,1-2,4-5H3,(H2,27,32)(H,28,29);3-4H,1-2H3;1H/b15-6-;4-3-;. The number of anilines is 1. The topological polar surface area (TPSA) is 95.1 Å². The number of ether oxygens (including phenoxy) is 1. The van der Waals surface area contributed by atoms with Crippen LogP contribution in [0.2, 0.25) is 0 Å². The van der Waals surface area contributed by atoms with Crippen molar-refractivity contribution in [1.82, 2.24) is 14.5 Å². The molecule has 4 aromatic rings. The van der Waals surface area contributed by atoms with Crippen molar-refractivity contribution < 1.29 is 22.7 Å². The quantitative estimate of drug-likeness (QED) is 0.157. The molecule has 4 rings (SSSR count). The van der Waals surface area contributed by atoms with Crippen molar-refractivity contribution in [2.45, 2.75) is 47.4 Å². The molecule has 7 nitrogen and oxygen atoms in total. The summed E-state index contributed by atoms with van der Waals surface area (Å²) in [5.74, 6) is 0.714. The molecule has 1 aromatic carbocycles. The molecule has 42 heavy (non-hydrogen) atoms. The van der Waals surface area contributed by atoms with Gasteiger partial charge in [-0.25, -0.2) is 9.97 Å². The van der Waals surface area contributed by atoms with Gasteiger partial charge >= 0.3 is 6.68 Å². The molecular formula is C31H36F3N5O2S. The Hall–Kier alpha value is -4.38. The summed E-state index contributed by atoms with van der Waals surface area (Å²) in [4.78, 5) is 21.4. The molecule has 0 aliphatic rings. The van der Waals surface area contributed by atoms with Gasteiger partial charge in [-0.3, -0.25) is 9.36 Å². The predicted octanol–water partition coefficient (Wildman–Crippen LogP) is 8.34. The molecule has 1 unspecified atom stereocenters. The normalized spacial score (nSPS) is 11.9. The fraction of sp³-hybridized carbons (Fsp3) is 0.258. The molecule has 0 spiro atoms. The van der Waals surface area contributed by atoms with E-state index in [-0.39, 0.29) is 6.10 Å². The molecule has 0 bridgehead atoms. The number of carbonyl (C=O) groups excluding carboxylic acids is 1. The number of halogens is 3. The molecule has 0 saturated carbocycles. The maximum atomic E-state index is 12.1. The number of nitrogens with two attached hydrogens (primary N) is 1. The van der Waals surface area contributed by atoms with E-state index >= 15 is 0 Å². The van der Waals surface area contributed by atoms with E-state index in [9.17, 15) is 18.0 Å². The third-order valence-electron chi connectivity index (χ3n) is 6.11. The highest BCUT2D eigenvalue weighted by Gasteiger charge is 2.21. The van der Waals surface area contributed by atoms with Gasteiger partial charge < -0.3 is 15.8 Å². The van der Waals surface area contributed by atoms with Crippen molar-refractivity contribution >= 4 is 34.1 Å². The van der Waals surface area contributed by atoms with Gasteiger partial charge in [-0.15, -0.1) is 11.3 Å². The van der Waals surface area contributed by atoms with E-state index < -0.39 is 12.6 Å². The van der Waals surface area contributed by atoms with Gasteiger partial charge in [0.25, 0.3) is 5.91 Å². The zero-order chi connectivity index (χ0) is 31.4. The smallest absolute Gasteiger partial charge is 0.379 e. The zero-order valence-electron chi connectivity index (χ0n) is 24.5. The van der Waals surface area contributed by atoms with Crippen LogP contribution < -0.4 is 15.8 Å². The Kier molecular flexibility index (Phi) is 13.0. The van der Waals surface area contributed by atoms with Crippen LogP contribution in [0, 0.1) is 0 Å². The van der Waals surface area contributed by atoms with E-state index in [1.807, 2.05) is 101 Å². The van der Waals surface area contributed by atoms with Gasteiger partial charge in [0.1, 0.15) is 33.9 Å². The Bertz CT molecular complexity index is 1550. The van der Waals surface area contributed by atoms with Gasteiger partial charge in [0, 0.05) is 19.3 Å². The first-order chi connectivity index (χ1) is 20.0. The minimum absolute atomic E-state index is 0.304. The average molecular weight is 600 g/mol. The minimum Gasteiger partial charge on any atom is -0.484 e. The number of fused-ring (bicyclic) bond motifs is 1. The second-order valence-electron chi connectivity index (χ2n) is 8.81. The lowest BCUT2D eigenvalue weighted by Crippen LogP contribution is -2.17. The Labute approximate surface area is 248 Å². The predicted molar refractivity (Wildman–Crippen MR) is 167 cm³/mol. The molecule has 1 atom stereocenters. The number of pyridine rings is 1. The van der Waals surface area contributed by atoms with Crippen LogP contribution in [-0.2, 0) is 0 Å². The number of benzene rings is 1. The second-order valence-corrected chi connectivity index (χ2v) is 9.84. The van der Waals surface area contributed by atoms with Gasteiger partial charge in [0.05, 0.1) is 11.0 Å². The molecule has 11 heteroatoms. The molecule has 0 fully saturated rings. The Morgan fingerprint density at radius 1 is 1.10 bits per heavy atom. The number of aromatic nitrogens is 3. The molecule has 0 aliphatic carbocycles. The summed E-state index contributed by atoms with van der Waals surface area (Å²) in [7, 11) is 1.84. The SMILES string of the molecule is C/C=C\C.C=C(/C(C)=C\C)C(C)Oc1cc(-n2cnc3cc(-c4ccnc(NC)c4)ccc32)sc1C(N)=O.FC(F)F. The van der Waals surface area contributed by atoms with Crippen molar-refractivity contribution in [2.75, 3.05) is 12.4 Å². The summed E-state index contributed by atoms with van der Waals surface area (Å²) in [6.07, 6.45) is 9.19. The van der Waals surface area contributed by atoms with Crippen LogP contribution in [0.5, 0.6) is 5.75 Å². The second kappa shape index (κ2) is 16.2. The first kappa shape index (κ1) is 33.8. The van der Waals surface area contributed by atoms with Crippen molar-refractivity contribution in [1.29, 1.82) is 0 Å². The van der Waals surface area contributed by atoms with E-state index in [4.69, 9.17) is 10.5 Å². The monoisotopic (exact) mass is 599 g/mol. The summed E-state index contributed by atoms with van der Waals surface area (Å²) in [6, 6.07) is 11.9. The van der Waals surface area contributed by atoms with Gasteiger partial charge in [-0.1, -0.05) is 30.9 Å². The molecule has 224 valence electrons. The van der Waals surface area contributed by atoms with Gasteiger partial charge in [-0.2, -0.15) is 13.2 Å². The maximum absolute atomic E-state index is 12.1. The fourth-order valence-corrected chi connectivity index (χ4v) is 4.55. The van der Waals surface area contributed by atoms with Crippen LogP contribution in [0.4, 0.5) is 19.0 Å². The maximum Gasteiger partial charge on any atom is 0.379 e. The number of hydrogen-bond donors (Lipinski definition) is 2. The van der Waals surface area contributed by atoms with Crippen molar-refractivity contribution in [3.63, 3.8) is 0 Å². The lowest BCUT2D eigenvalue weighted by atomic mass is 10.1. The minimum atomic E-state index is -3.67. The van der Waals surface area contributed by atoms with Crippen LogP contribution in [-0.4, -0.2) is 40.3 Å². The number of thiophene rings is 1. The van der Waals surface area contributed by atoms with Crippen LogP contribution >= 0.6 is 11.3 Å². The largest absolute Gasteiger partial charge is 0.484 e. The highest BCUT2D eigenvalue weighted by molar-refractivity contribution is 7.16. The van der Waals surface area contributed by atoms with Crippen molar-refractivity contribution in [3.05, 3.63) is 89.8 Å². The van der Waals surface area contributed by atoms with Crippen LogP contribution in [0.1, 0.15) is 44.3 Å². The summed E-state index contributed by atoms with van der Waals surface area (Å²) in [5.41, 5.74) is 11.4. The van der Waals surface area contributed by atoms with Crippen LogP contribution in [0.15, 0.2) is 84.9 Å². The summed E-state index contributed by atoms with van der Waals surface area (Å²) in [5, 5.41) is 3.85. The lowest BCUT2D eigenvalue weighted by molar-refractivity contribution is 0.00818. The third kappa shape index (κ3) is 9.07. The number of hydrogen-bond acceptors (Lipinski definition) is 6. The number of nitrogens with zero attached hydrogens (tertiary/aromatic N) is 3. The summed E-state index contributed by atoms with van der Waals surface area (Å²) in [6.45, 7) is 10.3. The van der Waals surface area contributed by atoms with Gasteiger partial charge in [0.15, 0.2) is 0 Å². The first-order valence-corrected chi connectivity index (χ1v) is 13.8. The number of nitrogens with one attached hydrogen (secondary N) is 1. The summed E-state index contributed by atoms with van der Waals surface area (Å²) < 4.78 is 37.0. The number of primary amides is 1. The van der Waals surface area contributed by atoms with Gasteiger partial charge in [-0.05, 0) is 81.2 Å². The van der Waals surface area contributed by atoms with E-state index in [1.54, 1.807) is 12.5 Å². The van der Waals surface area contributed by atoms with E-state index in [0.29, 0.717) is 10.6 Å². The highest BCUT2D eigenvalue weighted by atomic mass is 32.1. The Morgan fingerprint density at radius 3 is 2.31 bits per heavy atom. The average Bonchev–Trinajstić information content (AvgIpc) is 3.60. The first-order valence-electron chi connectivity index (χ1n) is 13.0. The molecule has 1 amide bonds. The number of carbonyl (C=O) groups is 1. The van der Waals surface area contributed by atoms with Crippen molar-refractivity contribution in [3.8, 4) is 21.9 Å². The molecule has 0 radical (unpaired) electrons. The molecular weight excluding hydrogens is 563 g/mol. The van der Waals surface area contributed by atoms with Crippen LogP contribution in [0.3, 0.4) is 0 Å². The fourth-order valence-electron chi connectivity index (χ4n) is 3.62. The van der Waals surface area contributed by atoms with E-state index in [0.717, 1.165) is 44.1 Å². The van der Waals surface area contributed by atoms with Crippen molar-refractivity contribution in [2.24, 2.45) is 5.73 Å². The molecule has 3 heterocycles. The van der Waals surface area contributed by atoms with Gasteiger partial charge in [0.2, 0.25) is 0 Å². The number of imidazole rings is 1.